The Morgan fingerprint density at radius 1 is 0.926 bits per heavy atom. The van der Waals surface area contributed by atoms with E-state index in [0.29, 0.717) is 30.3 Å². The molecule has 0 saturated carbocycles. The quantitative estimate of drug-likeness (QED) is 0.537. The van der Waals surface area contributed by atoms with E-state index in [-0.39, 0.29) is 17.5 Å². The summed E-state index contributed by atoms with van der Waals surface area (Å²) in [4.78, 5) is 23.4. The molecular formula is C22H26O5. The highest BCUT2D eigenvalue weighted by molar-refractivity contribution is 6.01. The second-order valence-electron chi connectivity index (χ2n) is 7.01. The number of aliphatic hydroxyl groups is 1. The number of hydrogen-bond acceptors (Lipinski definition) is 5. The first-order chi connectivity index (χ1) is 12.7. The van der Waals surface area contributed by atoms with E-state index in [0.717, 1.165) is 5.56 Å². The molecule has 0 radical (unpaired) electrons. The van der Waals surface area contributed by atoms with Crippen LogP contribution in [0.1, 0.15) is 49.5 Å². The predicted molar refractivity (Wildman–Crippen MR) is 104 cm³/mol. The molecule has 1 unspecified atom stereocenters. The van der Waals surface area contributed by atoms with Crippen LogP contribution in [0.25, 0.3) is 0 Å². The maximum atomic E-state index is 12.0. The molecule has 0 fully saturated rings. The van der Waals surface area contributed by atoms with Gasteiger partial charge in [0.1, 0.15) is 36.1 Å². The van der Waals surface area contributed by atoms with Crippen LogP contribution in [0.3, 0.4) is 0 Å². The molecule has 0 spiro atoms. The van der Waals surface area contributed by atoms with Crippen molar-refractivity contribution in [1.29, 1.82) is 0 Å². The Morgan fingerprint density at radius 2 is 1.37 bits per heavy atom. The van der Waals surface area contributed by atoms with Crippen molar-refractivity contribution in [1.82, 2.24) is 0 Å². The second-order valence-corrected chi connectivity index (χ2v) is 7.01. The second kappa shape index (κ2) is 8.82. The monoisotopic (exact) mass is 370 g/mol. The van der Waals surface area contributed by atoms with Gasteiger partial charge in [-0.1, -0.05) is 19.1 Å². The van der Waals surface area contributed by atoms with Crippen LogP contribution in [-0.4, -0.2) is 35.5 Å². The number of rotatable bonds is 9. The zero-order chi connectivity index (χ0) is 20.0. The maximum Gasteiger partial charge on any atom is 0.193 e. The van der Waals surface area contributed by atoms with Crippen LogP contribution in [-0.2, 0) is 4.79 Å². The molecule has 0 amide bonds. The molecule has 0 aliphatic rings. The van der Waals surface area contributed by atoms with Crippen LogP contribution in [0.15, 0.2) is 48.5 Å². The Hall–Kier alpha value is -2.66. The van der Waals surface area contributed by atoms with Crippen molar-refractivity contribution in [2.24, 2.45) is 0 Å². The van der Waals surface area contributed by atoms with Crippen molar-refractivity contribution >= 4 is 11.6 Å². The van der Waals surface area contributed by atoms with Crippen LogP contribution >= 0.6 is 0 Å². The molecule has 0 bridgehead atoms. The van der Waals surface area contributed by atoms with Gasteiger partial charge in [-0.25, -0.2) is 0 Å². The molecular weight excluding hydrogens is 344 g/mol. The van der Waals surface area contributed by atoms with Crippen LogP contribution in [0.2, 0.25) is 0 Å². The summed E-state index contributed by atoms with van der Waals surface area (Å²) >= 11 is 0. The number of ketones is 2. The topological polar surface area (TPSA) is 72.8 Å². The Kier molecular flexibility index (Phi) is 6.75. The average molecular weight is 370 g/mol. The molecule has 144 valence electrons. The van der Waals surface area contributed by atoms with Gasteiger partial charge in [0.2, 0.25) is 0 Å². The Bertz CT molecular complexity index is 770. The summed E-state index contributed by atoms with van der Waals surface area (Å²) in [5, 5.41) is 9.75. The lowest BCUT2D eigenvalue weighted by Gasteiger charge is -2.15. The molecule has 1 N–H and O–H groups in total. The third-order valence-electron chi connectivity index (χ3n) is 4.28. The molecule has 0 aliphatic heterocycles. The van der Waals surface area contributed by atoms with Gasteiger partial charge in [0.25, 0.3) is 0 Å². The average Bonchev–Trinajstić information content (AvgIpc) is 2.64. The van der Waals surface area contributed by atoms with Crippen LogP contribution in [0.5, 0.6) is 11.5 Å². The van der Waals surface area contributed by atoms with Crippen molar-refractivity contribution < 1.29 is 24.2 Å². The molecule has 2 rings (SSSR count). The van der Waals surface area contributed by atoms with Gasteiger partial charge in [0.15, 0.2) is 5.78 Å². The molecule has 5 nitrogen and oxygen atoms in total. The molecule has 0 heterocycles. The van der Waals surface area contributed by atoms with Gasteiger partial charge in [-0.2, -0.15) is 0 Å². The zero-order valence-corrected chi connectivity index (χ0v) is 16.2. The minimum absolute atomic E-state index is 0.117. The molecule has 5 heteroatoms. The van der Waals surface area contributed by atoms with E-state index in [9.17, 15) is 14.7 Å². The van der Waals surface area contributed by atoms with Gasteiger partial charge in [0, 0.05) is 11.5 Å². The molecule has 27 heavy (non-hydrogen) atoms. The lowest BCUT2D eigenvalue weighted by molar-refractivity contribution is -0.118. The summed E-state index contributed by atoms with van der Waals surface area (Å²) < 4.78 is 11.2. The van der Waals surface area contributed by atoms with Crippen molar-refractivity contribution in [3.8, 4) is 11.5 Å². The molecule has 2 aromatic carbocycles. The Balaban J connectivity index is 1.80. The number of carbonyl (C=O) groups is 2. The first-order valence-corrected chi connectivity index (χ1v) is 8.91. The van der Waals surface area contributed by atoms with Gasteiger partial charge < -0.3 is 14.6 Å². The highest BCUT2D eigenvalue weighted by Crippen LogP contribution is 2.20. The number of Topliss-reactive ketones (excluding diaryl/α,β-unsaturated/α-hetero) is 2. The van der Waals surface area contributed by atoms with Gasteiger partial charge in [0.05, 0.1) is 0 Å². The summed E-state index contributed by atoms with van der Waals surface area (Å²) in [7, 11) is 0. The fraction of sp³-hybridized carbons (Fsp3) is 0.364. The summed E-state index contributed by atoms with van der Waals surface area (Å²) in [6.07, 6.45) is 0. The lowest BCUT2D eigenvalue weighted by atomic mass is 9.97. The zero-order valence-electron chi connectivity index (χ0n) is 16.2. The van der Waals surface area contributed by atoms with E-state index in [4.69, 9.17) is 9.47 Å². The lowest BCUT2D eigenvalue weighted by Crippen LogP contribution is -2.30. The van der Waals surface area contributed by atoms with Crippen LogP contribution in [0, 0.1) is 0 Å². The maximum absolute atomic E-state index is 12.0. The van der Waals surface area contributed by atoms with Gasteiger partial charge in [-0.15, -0.1) is 0 Å². The summed E-state index contributed by atoms with van der Waals surface area (Å²) in [5.41, 5.74) is 0.00585. The predicted octanol–water partition coefficient (Wildman–Crippen LogP) is 3.79. The van der Waals surface area contributed by atoms with Crippen molar-refractivity contribution in [3.05, 3.63) is 59.7 Å². The summed E-state index contributed by atoms with van der Waals surface area (Å²) in [5.74, 6) is 1.02. The third kappa shape index (κ3) is 5.93. The Morgan fingerprint density at radius 3 is 1.78 bits per heavy atom. The van der Waals surface area contributed by atoms with E-state index in [1.165, 1.54) is 13.8 Å². The third-order valence-corrected chi connectivity index (χ3v) is 4.28. The molecule has 0 aromatic heterocycles. The standard InChI is InChI=1S/C22H26O5/c1-15(16(2)23)17-5-9-19(10-6-17)26-13-14-27-20-11-7-18(8-12-20)21(24)22(3,4)25/h5-12,15,25H,13-14H2,1-4H3. The number of benzene rings is 2. The van der Waals surface area contributed by atoms with Crippen molar-refractivity contribution in [3.63, 3.8) is 0 Å². The van der Waals surface area contributed by atoms with E-state index < -0.39 is 5.60 Å². The van der Waals surface area contributed by atoms with E-state index in [1.54, 1.807) is 31.2 Å². The van der Waals surface area contributed by atoms with Crippen molar-refractivity contribution in [2.75, 3.05) is 13.2 Å². The summed E-state index contributed by atoms with van der Waals surface area (Å²) in [6.45, 7) is 7.11. The number of carbonyl (C=O) groups excluding carboxylic acids is 2. The smallest absolute Gasteiger partial charge is 0.193 e. The normalized spacial score (nSPS) is 12.3. The van der Waals surface area contributed by atoms with Crippen molar-refractivity contribution in [2.45, 2.75) is 39.2 Å². The fourth-order valence-corrected chi connectivity index (χ4v) is 2.46. The van der Waals surface area contributed by atoms with Gasteiger partial charge >= 0.3 is 0 Å². The molecule has 0 aliphatic carbocycles. The molecule has 1 atom stereocenters. The minimum atomic E-state index is -1.39. The fourth-order valence-electron chi connectivity index (χ4n) is 2.46. The van der Waals surface area contributed by atoms with Crippen LogP contribution in [0.4, 0.5) is 0 Å². The van der Waals surface area contributed by atoms with E-state index >= 15 is 0 Å². The number of hydrogen-bond donors (Lipinski definition) is 1. The SMILES string of the molecule is CC(=O)C(C)c1ccc(OCCOc2ccc(C(=O)C(C)(C)O)cc2)cc1. The van der Waals surface area contributed by atoms with Gasteiger partial charge in [-0.05, 0) is 62.7 Å². The minimum Gasteiger partial charge on any atom is -0.490 e. The largest absolute Gasteiger partial charge is 0.490 e. The molecule has 2 aromatic rings. The number of ether oxygens (including phenoxy) is 2. The van der Waals surface area contributed by atoms with Crippen LogP contribution < -0.4 is 9.47 Å². The van der Waals surface area contributed by atoms with E-state index in [1.807, 2.05) is 31.2 Å². The highest BCUT2D eigenvalue weighted by atomic mass is 16.5. The first kappa shape index (κ1) is 20.6. The van der Waals surface area contributed by atoms with Gasteiger partial charge in [-0.3, -0.25) is 9.59 Å². The van der Waals surface area contributed by atoms with E-state index in [2.05, 4.69) is 0 Å². The Labute approximate surface area is 159 Å². The molecule has 0 saturated heterocycles. The highest BCUT2D eigenvalue weighted by Gasteiger charge is 2.24. The summed E-state index contributed by atoms with van der Waals surface area (Å²) in [6, 6.07) is 14.1. The first-order valence-electron chi connectivity index (χ1n) is 8.91.